The fourth-order valence-corrected chi connectivity index (χ4v) is 2.76. The number of guanidine groups is 1. The molecule has 1 aliphatic rings. The van der Waals surface area contributed by atoms with Crippen LogP contribution in [0.1, 0.15) is 44.1 Å². The molecule has 4 nitrogen and oxygen atoms in total. The smallest absolute Gasteiger partial charge is 0.190 e. The number of benzene rings is 1. The van der Waals surface area contributed by atoms with E-state index in [0.29, 0.717) is 5.92 Å². The fourth-order valence-electron chi connectivity index (χ4n) is 2.76. The van der Waals surface area contributed by atoms with Crippen LogP contribution in [-0.4, -0.2) is 39.3 Å². The van der Waals surface area contributed by atoms with E-state index < -0.39 is 0 Å². The zero-order valence-corrected chi connectivity index (χ0v) is 14.6. The first-order valence-corrected chi connectivity index (χ1v) is 8.92. The Bertz CT molecular complexity index is 461. The van der Waals surface area contributed by atoms with E-state index in [1.165, 1.54) is 18.4 Å². The van der Waals surface area contributed by atoms with Crippen LogP contribution < -0.4 is 10.6 Å². The molecule has 1 saturated carbocycles. The lowest BCUT2D eigenvalue weighted by Crippen LogP contribution is -2.39. The predicted molar refractivity (Wildman–Crippen MR) is 97.0 cm³/mol. The van der Waals surface area contributed by atoms with E-state index in [1.54, 1.807) is 0 Å². The van der Waals surface area contributed by atoms with Crippen molar-refractivity contribution in [3.05, 3.63) is 35.9 Å². The molecule has 2 unspecified atom stereocenters. The van der Waals surface area contributed by atoms with Gasteiger partial charge in [0, 0.05) is 33.4 Å². The van der Waals surface area contributed by atoms with Gasteiger partial charge in [-0.1, -0.05) is 43.7 Å². The molecular formula is C19H31N3O. The van der Waals surface area contributed by atoms with Crippen molar-refractivity contribution >= 4 is 5.96 Å². The van der Waals surface area contributed by atoms with Gasteiger partial charge in [-0.3, -0.25) is 4.99 Å². The van der Waals surface area contributed by atoms with Gasteiger partial charge >= 0.3 is 0 Å². The molecule has 1 fully saturated rings. The number of hydrogen-bond acceptors (Lipinski definition) is 2. The van der Waals surface area contributed by atoms with Crippen LogP contribution in [0.15, 0.2) is 35.3 Å². The van der Waals surface area contributed by atoms with Crippen molar-refractivity contribution in [2.45, 2.75) is 38.5 Å². The predicted octanol–water partition coefficient (Wildman–Crippen LogP) is 3.16. The first-order valence-electron chi connectivity index (χ1n) is 8.92. The van der Waals surface area contributed by atoms with Crippen molar-refractivity contribution in [3.8, 4) is 0 Å². The van der Waals surface area contributed by atoms with E-state index in [4.69, 9.17) is 4.74 Å². The highest BCUT2D eigenvalue weighted by Crippen LogP contribution is 2.46. The van der Waals surface area contributed by atoms with Crippen molar-refractivity contribution in [1.82, 2.24) is 10.6 Å². The molecule has 2 rings (SSSR count). The molecule has 0 spiro atoms. The van der Waals surface area contributed by atoms with Crippen LogP contribution in [-0.2, 0) is 4.74 Å². The highest BCUT2D eigenvalue weighted by atomic mass is 16.5. The molecule has 0 radical (unpaired) electrons. The summed E-state index contributed by atoms with van der Waals surface area (Å²) in [5.41, 5.74) is 1.46. The summed E-state index contributed by atoms with van der Waals surface area (Å²) in [6.45, 7) is 5.78. The van der Waals surface area contributed by atoms with Gasteiger partial charge in [-0.25, -0.2) is 0 Å². The van der Waals surface area contributed by atoms with Gasteiger partial charge in [0.2, 0.25) is 0 Å². The minimum Gasteiger partial charge on any atom is -0.381 e. The summed E-state index contributed by atoms with van der Waals surface area (Å²) in [6.07, 6.45) is 4.64. The summed E-state index contributed by atoms with van der Waals surface area (Å²) in [4.78, 5) is 4.29. The molecule has 23 heavy (non-hydrogen) atoms. The molecule has 1 aromatic rings. The second-order valence-electron chi connectivity index (χ2n) is 6.21. The lowest BCUT2D eigenvalue weighted by molar-refractivity contribution is 0.129. The van der Waals surface area contributed by atoms with Crippen molar-refractivity contribution in [3.63, 3.8) is 0 Å². The Morgan fingerprint density at radius 3 is 2.70 bits per heavy atom. The van der Waals surface area contributed by atoms with Crippen LogP contribution in [0.3, 0.4) is 0 Å². The zero-order valence-electron chi connectivity index (χ0n) is 14.6. The Kier molecular flexibility index (Phi) is 7.95. The molecule has 0 bridgehead atoms. The maximum absolute atomic E-state index is 5.56. The Morgan fingerprint density at radius 1 is 1.17 bits per heavy atom. The molecule has 128 valence electrons. The van der Waals surface area contributed by atoms with E-state index in [9.17, 15) is 0 Å². The van der Waals surface area contributed by atoms with Crippen LogP contribution in [0.25, 0.3) is 0 Å². The number of unbranched alkanes of at least 4 members (excludes halogenated alkanes) is 1. The molecular weight excluding hydrogens is 286 g/mol. The van der Waals surface area contributed by atoms with Crippen LogP contribution in [0.4, 0.5) is 0 Å². The van der Waals surface area contributed by atoms with Gasteiger partial charge in [-0.05, 0) is 36.7 Å². The summed E-state index contributed by atoms with van der Waals surface area (Å²) in [5, 5.41) is 6.80. The fraction of sp³-hybridized carbons (Fsp3) is 0.632. The monoisotopic (exact) mass is 317 g/mol. The minimum absolute atomic E-state index is 0.716. The molecule has 0 saturated heterocycles. The largest absolute Gasteiger partial charge is 0.381 e. The van der Waals surface area contributed by atoms with Gasteiger partial charge in [0.05, 0.1) is 0 Å². The SMILES string of the molecule is CCCCOCCCNC(=NC)NCC1CC1c1ccccc1. The molecule has 0 amide bonds. The van der Waals surface area contributed by atoms with E-state index in [1.807, 2.05) is 7.05 Å². The zero-order chi connectivity index (χ0) is 16.3. The van der Waals surface area contributed by atoms with Crippen molar-refractivity contribution in [1.29, 1.82) is 0 Å². The highest BCUT2D eigenvalue weighted by Gasteiger charge is 2.37. The molecule has 2 N–H and O–H groups in total. The summed E-state index contributed by atoms with van der Waals surface area (Å²) in [5.74, 6) is 2.35. The van der Waals surface area contributed by atoms with Gasteiger partial charge in [-0.15, -0.1) is 0 Å². The normalized spacial score (nSPS) is 20.3. The van der Waals surface area contributed by atoms with Crippen molar-refractivity contribution in [2.24, 2.45) is 10.9 Å². The van der Waals surface area contributed by atoms with Gasteiger partial charge in [0.15, 0.2) is 5.96 Å². The standard InChI is InChI=1S/C19H31N3O/c1-3-4-12-23-13-8-11-21-19(20-2)22-15-17-14-18(17)16-9-6-5-7-10-16/h5-7,9-10,17-18H,3-4,8,11-15H2,1-2H3,(H2,20,21,22). The summed E-state index contributed by atoms with van der Waals surface area (Å²) in [7, 11) is 1.83. The lowest BCUT2D eigenvalue weighted by atomic mass is 10.1. The van der Waals surface area contributed by atoms with E-state index in [2.05, 4.69) is 52.9 Å². The molecule has 0 heterocycles. The third kappa shape index (κ3) is 6.61. The quantitative estimate of drug-likeness (QED) is 0.396. The van der Waals surface area contributed by atoms with Crippen LogP contribution in [0, 0.1) is 5.92 Å². The second kappa shape index (κ2) is 10.3. The molecule has 4 heteroatoms. The van der Waals surface area contributed by atoms with E-state index in [0.717, 1.165) is 51.0 Å². The molecule has 0 aliphatic heterocycles. The molecule has 1 aliphatic carbocycles. The Hall–Kier alpha value is -1.55. The van der Waals surface area contributed by atoms with Crippen LogP contribution >= 0.6 is 0 Å². The van der Waals surface area contributed by atoms with Crippen LogP contribution in [0.2, 0.25) is 0 Å². The number of hydrogen-bond donors (Lipinski definition) is 2. The number of ether oxygens (including phenoxy) is 1. The number of nitrogens with zero attached hydrogens (tertiary/aromatic N) is 1. The van der Waals surface area contributed by atoms with Crippen LogP contribution in [0.5, 0.6) is 0 Å². The van der Waals surface area contributed by atoms with Crippen molar-refractivity contribution < 1.29 is 4.74 Å². The summed E-state index contributed by atoms with van der Waals surface area (Å²) < 4.78 is 5.56. The Balaban J connectivity index is 1.54. The van der Waals surface area contributed by atoms with Gasteiger partial charge in [0.25, 0.3) is 0 Å². The van der Waals surface area contributed by atoms with Crippen molar-refractivity contribution in [2.75, 3.05) is 33.4 Å². The lowest BCUT2D eigenvalue weighted by Gasteiger charge is -2.12. The number of nitrogens with one attached hydrogen (secondary N) is 2. The Labute approximate surface area is 140 Å². The number of rotatable bonds is 10. The average Bonchev–Trinajstić information content (AvgIpc) is 3.37. The summed E-state index contributed by atoms with van der Waals surface area (Å²) >= 11 is 0. The Morgan fingerprint density at radius 2 is 1.96 bits per heavy atom. The molecule has 0 aromatic heterocycles. The van der Waals surface area contributed by atoms with E-state index >= 15 is 0 Å². The van der Waals surface area contributed by atoms with Gasteiger partial charge < -0.3 is 15.4 Å². The maximum atomic E-state index is 5.56. The molecule has 1 aromatic carbocycles. The maximum Gasteiger partial charge on any atom is 0.190 e. The first-order chi connectivity index (χ1) is 11.3. The third-order valence-corrected chi connectivity index (χ3v) is 4.31. The summed E-state index contributed by atoms with van der Waals surface area (Å²) in [6, 6.07) is 10.8. The van der Waals surface area contributed by atoms with E-state index in [-0.39, 0.29) is 0 Å². The first kappa shape index (κ1) is 17.8. The topological polar surface area (TPSA) is 45.6 Å². The third-order valence-electron chi connectivity index (χ3n) is 4.31. The number of aliphatic imine (C=N–C) groups is 1. The average molecular weight is 317 g/mol. The highest BCUT2D eigenvalue weighted by molar-refractivity contribution is 5.79. The van der Waals surface area contributed by atoms with Gasteiger partial charge in [0.1, 0.15) is 0 Å². The van der Waals surface area contributed by atoms with Gasteiger partial charge in [-0.2, -0.15) is 0 Å². The molecule has 2 atom stereocenters. The second-order valence-corrected chi connectivity index (χ2v) is 6.21. The minimum atomic E-state index is 0.716.